The van der Waals surface area contributed by atoms with Gasteiger partial charge in [0.15, 0.2) is 0 Å². The van der Waals surface area contributed by atoms with E-state index in [4.69, 9.17) is 0 Å². The van der Waals surface area contributed by atoms with E-state index in [9.17, 15) is 0 Å². The van der Waals surface area contributed by atoms with Gasteiger partial charge in [-0.1, -0.05) is 6.92 Å². The lowest BCUT2D eigenvalue weighted by Gasteiger charge is -2.46. The summed E-state index contributed by atoms with van der Waals surface area (Å²) in [6, 6.07) is 0.875. The molecule has 0 spiro atoms. The topological polar surface area (TPSA) is 6.48 Å². The third kappa shape index (κ3) is 1.64. The standard InChI is InChI=1S/C10H20N2/c1-9-6-12(7-9)10-4-3-5-11(2)8-10/h9-10H,3-8H2,1-2H3. The van der Waals surface area contributed by atoms with Crippen LogP contribution in [-0.4, -0.2) is 49.1 Å². The van der Waals surface area contributed by atoms with Crippen molar-refractivity contribution in [2.75, 3.05) is 33.2 Å². The van der Waals surface area contributed by atoms with Crippen molar-refractivity contribution in [3.8, 4) is 0 Å². The quantitative estimate of drug-likeness (QED) is 0.577. The first-order valence-corrected chi connectivity index (χ1v) is 5.18. The molecule has 0 radical (unpaired) electrons. The molecule has 2 fully saturated rings. The first-order chi connectivity index (χ1) is 5.75. The molecule has 0 aromatic carbocycles. The first kappa shape index (κ1) is 8.52. The van der Waals surface area contributed by atoms with E-state index >= 15 is 0 Å². The van der Waals surface area contributed by atoms with Crippen molar-refractivity contribution in [1.29, 1.82) is 0 Å². The number of hydrogen-bond acceptors (Lipinski definition) is 2. The molecule has 70 valence electrons. The van der Waals surface area contributed by atoms with E-state index < -0.39 is 0 Å². The number of likely N-dealkylation sites (N-methyl/N-ethyl adjacent to an activating group) is 1. The Bertz CT molecular complexity index is 152. The van der Waals surface area contributed by atoms with E-state index in [0.717, 1.165) is 12.0 Å². The zero-order valence-corrected chi connectivity index (χ0v) is 8.29. The molecule has 2 heteroatoms. The normalized spacial score (nSPS) is 35.0. The number of piperidine rings is 1. The Morgan fingerprint density at radius 1 is 1.17 bits per heavy atom. The molecule has 0 amide bonds. The summed E-state index contributed by atoms with van der Waals surface area (Å²) in [7, 11) is 2.25. The van der Waals surface area contributed by atoms with Crippen LogP contribution in [0.1, 0.15) is 19.8 Å². The Morgan fingerprint density at radius 3 is 2.50 bits per heavy atom. The van der Waals surface area contributed by atoms with E-state index in [1.54, 1.807) is 0 Å². The molecule has 2 nitrogen and oxygen atoms in total. The second-order valence-electron chi connectivity index (χ2n) is 4.62. The minimum Gasteiger partial charge on any atom is -0.305 e. The number of nitrogens with zero attached hydrogens (tertiary/aromatic N) is 2. The molecule has 0 aliphatic carbocycles. The second-order valence-corrected chi connectivity index (χ2v) is 4.62. The number of rotatable bonds is 1. The van der Waals surface area contributed by atoms with Crippen molar-refractivity contribution in [3.63, 3.8) is 0 Å². The molecular formula is C10H20N2. The fourth-order valence-corrected chi connectivity index (χ4v) is 2.48. The van der Waals surface area contributed by atoms with Crippen molar-refractivity contribution in [1.82, 2.24) is 9.80 Å². The number of likely N-dealkylation sites (tertiary alicyclic amines) is 2. The molecule has 0 N–H and O–H groups in total. The monoisotopic (exact) mass is 168 g/mol. The second kappa shape index (κ2) is 3.35. The van der Waals surface area contributed by atoms with Crippen molar-refractivity contribution < 1.29 is 0 Å². The van der Waals surface area contributed by atoms with Crippen LogP contribution in [0.3, 0.4) is 0 Å². The molecule has 2 heterocycles. The molecule has 12 heavy (non-hydrogen) atoms. The molecule has 2 rings (SSSR count). The van der Waals surface area contributed by atoms with Crippen molar-refractivity contribution in [2.45, 2.75) is 25.8 Å². The fraction of sp³-hybridized carbons (Fsp3) is 1.00. The maximum Gasteiger partial charge on any atom is 0.0223 e. The minimum atomic E-state index is 0.875. The molecule has 0 bridgehead atoms. The highest BCUT2D eigenvalue weighted by Crippen LogP contribution is 2.23. The Hall–Kier alpha value is -0.0800. The molecule has 1 atom stereocenters. The summed E-state index contributed by atoms with van der Waals surface area (Å²) >= 11 is 0. The largest absolute Gasteiger partial charge is 0.305 e. The van der Waals surface area contributed by atoms with Gasteiger partial charge >= 0.3 is 0 Å². The Balaban J connectivity index is 1.80. The van der Waals surface area contributed by atoms with Gasteiger partial charge in [0.05, 0.1) is 0 Å². The maximum atomic E-state index is 2.65. The lowest BCUT2D eigenvalue weighted by molar-refractivity contribution is 0.0260. The summed E-state index contributed by atoms with van der Waals surface area (Å²) in [6.45, 7) is 7.65. The minimum absolute atomic E-state index is 0.875. The van der Waals surface area contributed by atoms with E-state index in [1.165, 1.54) is 39.0 Å². The van der Waals surface area contributed by atoms with Gasteiger partial charge in [-0.3, -0.25) is 4.90 Å². The summed E-state index contributed by atoms with van der Waals surface area (Å²) in [5.74, 6) is 0.956. The van der Waals surface area contributed by atoms with Crippen molar-refractivity contribution >= 4 is 0 Å². The Labute approximate surface area is 75.5 Å². The van der Waals surface area contributed by atoms with E-state index in [1.807, 2.05) is 0 Å². The first-order valence-electron chi connectivity index (χ1n) is 5.18. The predicted octanol–water partition coefficient (Wildman–Crippen LogP) is 1.03. The molecule has 2 saturated heterocycles. The highest BCUT2D eigenvalue weighted by Gasteiger charge is 2.31. The average Bonchev–Trinajstić information content (AvgIpc) is 1.99. The third-order valence-electron chi connectivity index (χ3n) is 3.21. The smallest absolute Gasteiger partial charge is 0.0223 e. The zero-order chi connectivity index (χ0) is 8.55. The summed E-state index contributed by atoms with van der Waals surface area (Å²) in [4.78, 5) is 5.12. The predicted molar refractivity (Wildman–Crippen MR) is 51.3 cm³/mol. The lowest BCUT2D eigenvalue weighted by atomic mass is 9.95. The molecule has 0 saturated carbocycles. The summed E-state index contributed by atoms with van der Waals surface area (Å²) in [6.07, 6.45) is 2.82. The van der Waals surface area contributed by atoms with Gasteiger partial charge in [-0.15, -0.1) is 0 Å². The molecule has 1 unspecified atom stereocenters. The van der Waals surface area contributed by atoms with Crippen LogP contribution in [0.5, 0.6) is 0 Å². The molecule has 0 aromatic heterocycles. The van der Waals surface area contributed by atoms with Gasteiger partial charge in [0.25, 0.3) is 0 Å². The van der Waals surface area contributed by atoms with Gasteiger partial charge in [0.2, 0.25) is 0 Å². The van der Waals surface area contributed by atoms with Gasteiger partial charge in [-0.2, -0.15) is 0 Å². The molecule has 2 aliphatic rings. The van der Waals surface area contributed by atoms with Gasteiger partial charge in [-0.25, -0.2) is 0 Å². The third-order valence-corrected chi connectivity index (χ3v) is 3.21. The molecule has 0 aromatic rings. The summed E-state index contributed by atoms with van der Waals surface area (Å²) in [5, 5.41) is 0. The SMILES string of the molecule is CC1CN(C2CCCN(C)C2)C1. The molecular weight excluding hydrogens is 148 g/mol. The maximum absolute atomic E-state index is 2.65. The van der Waals surface area contributed by atoms with E-state index in [-0.39, 0.29) is 0 Å². The van der Waals surface area contributed by atoms with Crippen molar-refractivity contribution in [2.24, 2.45) is 5.92 Å². The van der Waals surface area contributed by atoms with Crippen LogP contribution in [0.2, 0.25) is 0 Å². The highest BCUT2D eigenvalue weighted by atomic mass is 15.3. The van der Waals surface area contributed by atoms with Gasteiger partial charge in [0.1, 0.15) is 0 Å². The summed E-state index contributed by atoms with van der Waals surface area (Å²) < 4.78 is 0. The highest BCUT2D eigenvalue weighted by molar-refractivity contribution is 4.86. The number of hydrogen-bond donors (Lipinski definition) is 0. The van der Waals surface area contributed by atoms with Crippen LogP contribution in [0.25, 0.3) is 0 Å². The zero-order valence-electron chi connectivity index (χ0n) is 8.29. The van der Waals surface area contributed by atoms with Crippen LogP contribution in [0, 0.1) is 5.92 Å². The van der Waals surface area contributed by atoms with E-state index in [2.05, 4.69) is 23.8 Å². The van der Waals surface area contributed by atoms with Gasteiger partial charge in [0, 0.05) is 25.7 Å². The van der Waals surface area contributed by atoms with E-state index in [0.29, 0.717) is 0 Å². The van der Waals surface area contributed by atoms with Crippen LogP contribution < -0.4 is 0 Å². The van der Waals surface area contributed by atoms with Gasteiger partial charge < -0.3 is 4.90 Å². The van der Waals surface area contributed by atoms with Crippen LogP contribution in [0.4, 0.5) is 0 Å². The van der Waals surface area contributed by atoms with Crippen LogP contribution in [0.15, 0.2) is 0 Å². The lowest BCUT2D eigenvalue weighted by Crippen LogP contribution is -2.55. The van der Waals surface area contributed by atoms with Crippen LogP contribution >= 0.6 is 0 Å². The fourth-order valence-electron chi connectivity index (χ4n) is 2.48. The summed E-state index contributed by atoms with van der Waals surface area (Å²) in [5.41, 5.74) is 0. The molecule has 2 aliphatic heterocycles. The Kier molecular flexibility index (Phi) is 2.37. The van der Waals surface area contributed by atoms with Gasteiger partial charge in [-0.05, 0) is 32.4 Å². The average molecular weight is 168 g/mol. The van der Waals surface area contributed by atoms with Crippen molar-refractivity contribution in [3.05, 3.63) is 0 Å². The van der Waals surface area contributed by atoms with Crippen LogP contribution in [-0.2, 0) is 0 Å². The Morgan fingerprint density at radius 2 is 1.92 bits per heavy atom.